The molecule has 0 aromatic heterocycles. The molecule has 0 aliphatic heterocycles. The highest BCUT2D eigenvalue weighted by Crippen LogP contribution is 2.51. The van der Waals surface area contributed by atoms with Gasteiger partial charge in [-0.2, -0.15) is 0 Å². The zero-order valence-electron chi connectivity index (χ0n) is 11.3. The summed E-state index contributed by atoms with van der Waals surface area (Å²) >= 11 is 0. The Labute approximate surface area is 106 Å². The second kappa shape index (κ2) is 8.29. The van der Waals surface area contributed by atoms with Crippen molar-refractivity contribution < 1.29 is 13.6 Å². The van der Waals surface area contributed by atoms with Gasteiger partial charge in [-0.1, -0.05) is 32.1 Å². The van der Waals surface area contributed by atoms with E-state index in [1.165, 1.54) is 44.9 Å². The Balaban J connectivity index is 2.48. The standard InChI is InChI=1S/C13H27O3P/c1-3-15-17(14,16-4-2)12-13-10-8-6-5-7-9-11-13/h13H,3-12H2,1-2H3. The Kier molecular flexibility index (Phi) is 7.41. The summed E-state index contributed by atoms with van der Waals surface area (Å²) in [5, 5.41) is 0. The lowest BCUT2D eigenvalue weighted by Gasteiger charge is -2.24. The fourth-order valence-electron chi connectivity index (χ4n) is 2.58. The molecule has 0 N–H and O–H groups in total. The molecule has 0 spiro atoms. The average Bonchev–Trinajstić information content (AvgIpc) is 2.22. The van der Waals surface area contributed by atoms with Crippen LogP contribution >= 0.6 is 7.60 Å². The van der Waals surface area contributed by atoms with Gasteiger partial charge in [-0.25, -0.2) is 0 Å². The van der Waals surface area contributed by atoms with E-state index < -0.39 is 7.60 Å². The Bertz CT molecular complexity index is 225. The molecule has 1 aliphatic carbocycles. The van der Waals surface area contributed by atoms with Crippen molar-refractivity contribution in [2.75, 3.05) is 19.4 Å². The van der Waals surface area contributed by atoms with Crippen LogP contribution < -0.4 is 0 Å². The molecule has 1 aliphatic rings. The summed E-state index contributed by atoms with van der Waals surface area (Å²) in [7, 11) is -2.82. The lowest BCUT2D eigenvalue weighted by atomic mass is 9.93. The van der Waals surface area contributed by atoms with Crippen molar-refractivity contribution in [3.05, 3.63) is 0 Å². The zero-order chi connectivity index (χ0) is 12.6. The fraction of sp³-hybridized carbons (Fsp3) is 1.00. The molecule has 0 unspecified atom stereocenters. The van der Waals surface area contributed by atoms with Crippen LogP contribution in [0.4, 0.5) is 0 Å². The molecule has 0 aromatic carbocycles. The van der Waals surface area contributed by atoms with Crippen LogP contribution in [0.2, 0.25) is 0 Å². The first-order valence-corrected chi connectivity index (χ1v) is 8.81. The van der Waals surface area contributed by atoms with E-state index in [4.69, 9.17) is 9.05 Å². The van der Waals surface area contributed by atoms with Crippen LogP contribution in [0.15, 0.2) is 0 Å². The van der Waals surface area contributed by atoms with E-state index in [1.54, 1.807) is 0 Å². The third-order valence-corrected chi connectivity index (χ3v) is 5.62. The van der Waals surface area contributed by atoms with Crippen molar-refractivity contribution in [1.82, 2.24) is 0 Å². The summed E-state index contributed by atoms with van der Waals surface area (Å²) in [5.41, 5.74) is 0. The molecule has 0 heterocycles. The maximum absolute atomic E-state index is 12.4. The van der Waals surface area contributed by atoms with E-state index in [1.807, 2.05) is 13.8 Å². The lowest BCUT2D eigenvalue weighted by molar-refractivity contribution is 0.213. The van der Waals surface area contributed by atoms with Crippen LogP contribution in [0.25, 0.3) is 0 Å². The van der Waals surface area contributed by atoms with Gasteiger partial charge >= 0.3 is 7.60 Å². The highest BCUT2D eigenvalue weighted by Gasteiger charge is 2.28. The molecule has 0 bridgehead atoms. The lowest BCUT2D eigenvalue weighted by Crippen LogP contribution is -2.12. The Morgan fingerprint density at radius 2 is 1.41 bits per heavy atom. The topological polar surface area (TPSA) is 35.5 Å². The van der Waals surface area contributed by atoms with Gasteiger partial charge in [0.05, 0.1) is 19.4 Å². The highest BCUT2D eigenvalue weighted by atomic mass is 31.2. The molecule has 1 fully saturated rings. The van der Waals surface area contributed by atoms with E-state index in [0.29, 0.717) is 25.3 Å². The van der Waals surface area contributed by atoms with Crippen molar-refractivity contribution in [3.8, 4) is 0 Å². The molecule has 1 saturated carbocycles. The van der Waals surface area contributed by atoms with Gasteiger partial charge in [-0.05, 0) is 32.6 Å². The molecule has 0 atom stereocenters. The summed E-state index contributed by atoms with van der Waals surface area (Å²) < 4.78 is 23.2. The third kappa shape index (κ3) is 6.03. The molecular formula is C13H27O3P. The summed E-state index contributed by atoms with van der Waals surface area (Å²) in [6.07, 6.45) is 9.53. The summed E-state index contributed by atoms with van der Waals surface area (Å²) in [5.74, 6) is 0.527. The minimum atomic E-state index is -2.82. The largest absolute Gasteiger partial charge is 0.330 e. The monoisotopic (exact) mass is 262 g/mol. The molecule has 1 rings (SSSR count). The van der Waals surface area contributed by atoms with Crippen LogP contribution in [0.3, 0.4) is 0 Å². The quantitative estimate of drug-likeness (QED) is 0.655. The molecular weight excluding hydrogens is 235 g/mol. The first-order chi connectivity index (χ1) is 8.20. The number of hydrogen-bond donors (Lipinski definition) is 0. The number of rotatable bonds is 6. The molecule has 3 nitrogen and oxygen atoms in total. The van der Waals surface area contributed by atoms with Gasteiger partial charge in [-0.3, -0.25) is 4.57 Å². The molecule has 0 aromatic rings. The summed E-state index contributed by atoms with van der Waals surface area (Å²) in [6.45, 7) is 4.71. The van der Waals surface area contributed by atoms with Crippen LogP contribution in [0, 0.1) is 5.92 Å². The first kappa shape index (κ1) is 15.2. The SMILES string of the molecule is CCOP(=O)(CC1CCCCCCC1)OCC. The van der Waals surface area contributed by atoms with E-state index in [0.717, 1.165) is 0 Å². The molecule has 4 heteroatoms. The van der Waals surface area contributed by atoms with Gasteiger partial charge in [0.1, 0.15) is 0 Å². The molecule has 0 saturated heterocycles. The summed E-state index contributed by atoms with van der Waals surface area (Å²) in [6, 6.07) is 0. The second-order valence-corrected chi connectivity index (χ2v) is 6.94. The molecule has 17 heavy (non-hydrogen) atoms. The minimum absolute atomic E-state index is 0.476. The van der Waals surface area contributed by atoms with E-state index in [2.05, 4.69) is 0 Å². The average molecular weight is 262 g/mol. The van der Waals surface area contributed by atoms with Crippen LogP contribution in [0.1, 0.15) is 58.8 Å². The maximum Gasteiger partial charge on any atom is 0.330 e. The van der Waals surface area contributed by atoms with Gasteiger partial charge in [0.25, 0.3) is 0 Å². The minimum Gasteiger partial charge on any atom is -0.309 e. The smallest absolute Gasteiger partial charge is 0.309 e. The van der Waals surface area contributed by atoms with Crippen LogP contribution in [-0.4, -0.2) is 19.4 Å². The van der Waals surface area contributed by atoms with Crippen molar-refractivity contribution in [1.29, 1.82) is 0 Å². The van der Waals surface area contributed by atoms with Gasteiger partial charge in [-0.15, -0.1) is 0 Å². The third-order valence-electron chi connectivity index (χ3n) is 3.36. The summed E-state index contributed by atoms with van der Waals surface area (Å²) in [4.78, 5) is 0. The first-order valence-electron chi connectivity index (χ1n) is 7.08. The Morgan fingerprint density at radius 1 is 0.941 bits per heavy atom. The molecule has 102 valence electrons. The van der Waals surface area contributed by atoms with Crippen molar-refractivity contribution in [2.45, 2.75) is 58.8 Å². The van der Waals surface area contributed by atoms with E-state index >= 15 is 0 Å². The Morgan fingerprint density at radius 3 is 1.88 bits per heavy atom. The van der Waals surface area contributed by atoms with Crippen molar-refractivity contribution >= 4 is 7.60 Å². The molecule has 0 radical (unpaired) electrons. The van der Waals surface area contributed by atoms with E-state index in [-0.39, 0.29) is 0 Å². The van der Waals surface area contributed by atoms with Gasteiger partial charge < -0.3 is 9.05 Å². The highest BCUT2D eigenvalue weighted by molar-refractivity contribution is 7.53. The fourth-order valence-corrected chi connectivity index (χ4v) is 4.65. The van der Waals surface area contributed by atoms with Gasteiger partial charge in [0.15, 0.2) is 0 Å². The van der Waals surface area contributed by atoms with Crippen LogP contribution in [-0.2, 0) is 13.6 Å². The van der Waals surface area contributed by atoms with Gasteiger partial charge in [0, 0.05) is 0 Å². The predicted octanol–water partition coefficient (Wildman–Crippen LogP) is 4.61. The zero-order valence-corrected chi connectivity index (χ0v) is 12.2. The maximum atomic E-state index is 12.4. The van der Waals surface area contributed by atoms with E-state index in [9.17, 15) is 4.57 Å². The van der Waals surface area contributed by atoms with Crippen molar-refractivity contribution in [3.63, 3.8) is 0 Å². The van der Waals surface area contributed by atoms with Crippen LogP contribution in [0.5, 0.6) is 0 Å². The second-order valence-electron chi connectivity index (χ2n) is 4.84. The normalized spacial score (nSPS) is 19.9. The predicted molar refractivity (Wildman–Crippen MR) is 71.5 cm³/mol. The Hall–Kier alpha value is 0.150. The van der Waals surface area contributed by atoms with Crippen molar-refractivity contribution in [2.24, 2.45) is 5.92 Å². The number of hydrogen-bond acceptors (Lipinski definition) is 3. The van der Waals surface area contributed by atoms with Gasteiger partial charge in [0.2, 0.25) is 0 Å². The molecule has 0 amide bonds.